The summed E-state index contributed by atoms with van der Waals surface area (Å²) < 4.78 is 0. The van der Waals surface area contributed by atoms with Crippen molar-refractivity contribution in [1.29, 1.82) is 0 Å². The average molecular weight is 425 g/mol. The summed E-state index contributed by atoms with van der Waals surface area (Å²) in [4.78, 5) is 42.1. The van der Waals surface area contributed by atoms with Crippen LogP contribution in [0.4, 0.5) is 0 Å². The Balaban J connectivity index is 1.71. The zero-order valence-corrected chi connectivity index (χ0v) is 18.3. The van der Waals surface area contributed by atoms with Gasteiger partial charge in [0.1, 0.15) is 18.1 Å². The number of hydrogen-bond acceptors (Lipinski definition) is 4. The molecule has 0 bridgehead atoms. The van der Waals surface area contributed by atoms with Gasteiger partial charge < -0.3 is 20.9 Å². The molecular formula is C24H32N4O3. The SMILES string of the molecule is C#C[C@@H](NC(=O)[C@@H]1CC[C@@H]2CCN(C(=O)CC(C)C)C[C@H](N)C(=O)N21)c1ccccc1. The van der Waals surface area contributed by atoms with Crippen molar-refractivity contribution >= 4 is 17.7 Å². The molecule has 2 saturated heterocycles. The van der Waals surface area contributed by atoms with Gasteiger partial charge in [-0.05, 0) is 30.7 Å². The lowest BCUT2D eigenvalue weighted by Gasteiger charge is -2.37. The monoisotopic (exact) mass is 424 g/mol. The second-order valence-electron chi connectivity index (χ2n) is 8.84. The number of benzene rings is 1. The second-order valence-corrected chi connectivity index (χ2v) is 8.84. The van der Waals surface area contributed by atoms with Crippen LogP contribution in [0.2, 0.25) is 0 Å². The number of hydrogen-bond donors (Lipinski definition) is 2. The minimum atomic E-state index is -0.843. The molecule has 2 aliphatic rings. The molecule has 0 aliphatic carbocycles. The number of nitrogens with zero attached hydrogens (tertiary/aromatic N) is 2. The zero-order valence-electron chi connectivity index (χ0n) is 18.3. The Hall–Kier alpha value is -2.85. The van der Waals surface area contributed by atoms with Crippen LogP contribution in [-0.4, -0.2) is 58.7 Å². The average Bonchev–Trinajstić information content (AvgIpc) is 3.16. The van der Waals surface area contributed by atoms with E-state index < -0.39 is 18.1 Å². The van der Waals surface area contributed by atoms with Crippen molar-refractivity contribution in [3.8, 4) is 12.3 Å². The summed E-state index contributed by atoms with van der Waals surface area (Å²) in [6, 6.07) is 7.24. The highest BCUT2D eigenvalue weighted by Gasteiger charge is 2.44. The lowest BCUT2D eigenvalue weighted by Crippen LogP contribution is -2.59. The molecule has 7 nitrogen and oxygen atoms in total. The Bertz CT molecular complexity index is 848. The van der Waals surface area contributed by atoms with E-state index in [2.05, 4.69) is 11.2 Å². The summed E-state index contributed by atoms with van der Waals surface area (Å²) in [5.74, 6) is 2.35. The quantitative estimate of drug-likeness (QED) is 0.699. The number of amides is 3. The van der Waals surface area contributed by atoms with Crippen molar-refractivity contribution in [1.82, 2.24) is 15.1 Å². The fourth-order valence-corrected chi connectivity index (χ4v) is 4.47. The number of nitrogens with one attached hydrogen (secondary N) is 1. The topological polar surface area (TPSA) is 95.7 Å². The third-order valence-electron chi connectivity index (χ3n) is 6.05. The van der Waals surface area contributed by atoms with Crippen molar-refractivity contribution in [2.24, 2.45) is 11.7 Å². The van der Waals surface area contributed by atoms with Gasteiger partial charge >= 0.3 is 0 Å². The van der Waals surface area contributed by atoms with E-state index in [1.54, 1.807) is 9.80 Å². The highest BCUT2D eigenvalue weighted by atomic mass is 16.2. The van der Waals surface area contributed by atoms with E-state index in [0.717, 1.165) is 5.56 Å². The normalized spacial score (nSPS) is 24.7. The number of carbonyl (C=O) groups is 3. The second kappa shape index (κ2) is 9.97. The van der Waals surface area contributed by atoms with Crippen LogP contribution < -0.4 is 11.1 Å². The molecule has 0 saturated carbocycles. The molecule has 2 heterocycles. The number of rotatable bonds is 5. The van der Waals surface area contributed by atoms with E-state index in [4.69, 9.17) is 12.2 Å². The molecule has 7 heteroatoms. The Kier molecular flexibility index (Phi) is 7.34. The Morgan fingerprint density at radius 1 is 1.23 bits per heavy atom. The minimum absolute atomic E-state index is 0.0266. The van der Waals surface area contributed by atoms with Crippen LogP contribution in [0.1, 0.15) is 51.1 Å². The van der Waals surface area contributed by atoms with Crippen molar-refractivity contribution < 1.29 is 14.4 Å². The smallest absolute Gasteiger partial charge is 0.244 e. The van der Waals surface area contributed by atoms with E-state index in [0.29, 0.717) is 32.2 Å². The molecule has 0 aromatic heterocycles. The summed E-state index contributed by atoms with van der Waals surface area (Å²) in [5.41, 5.74) is 7.02. The number of nitrogens with two attached hydrogens (primary N) is 1. The van der Waals surface area contributed by atoms with Gasteiger partial charge in [0.25, 0.3) is 0 Å². The van der Waals surface area contributed by atoms with Crippen LogP contribution in [0.15, 0.2) is 30.3 Å². The van der Waals surface area contributed by atoms with Gasteiger partial charge in [-0.25, -0.2) is 0 Å². The fraction of sp³-hybridized carbons (Fsp3) is 0.542. The molecule has 31 heavy (non-hydrogen) atoms. The molecular weight excluding hydrogens is 392 g/mol. The predicted octanol–water partition coefficient (Wildman–Crippen LogP) is 1.44. The molecule has 1 aromatic rings. The maximum absolute atomic E-state index is 13.2. The van der Waals surface area contributed by atoms with E-state index in [1.807, 2.05) is 44.2 Å². The summed E-state index contributed by atoms with van der Waals surface area (Å²) >= 11 is 0. The molecule has 2 fully saturated rings. The van der Waals surface area contributed by atoms with Crippen LogP contribution in [-0.2, 0) is 14.4 Å². The van der Waals surface area contributed by atoms with Crippen LogP contribution in [0.25, 0.3) is 0 Å². The molecule has 0 unspecified atom stereocenters. The lowest BCUT2D eigenvalue weighted by molar-refractivity contribution is -0.144. The third-order valence-corrected chi connectivity index (χ3v) is 6.05. The van der Waals surface area contributed by atoms with Gasteiger partial charge in [-0.1, -0.05) is 50.1 Å². The van der Waals surface area contributed by atoms with Crippen molar-refractivity contribution in [3.63, 3.8) is 0 Å². The Morgan fingerprint density at radius 3 is 2.58 bits per heavy atom. The first kappa shape index (κ1) is 22.8. The predicted molar refractivity (Wildman–Crippen MR) is 118 cm³/mol. The van der Waals surface area contributed by atoms with E-state index >= 15 is 0 Å². The van der Waals surface area contributed by atoms with Gasteiger partial charge in [0, 0.05) is 25.6 Å². The Labute approximate surface area is 184 Å². The molecule has 3 N–H and O–H groups in total. The van der Waals surface area contributed by atoms with Crippen LogP contribution in [0.5, 0.6) is 0 Å². The molecule has 3 rings (SSSR count). The van der Waals surface area contributed by atoms with E-state index in [-0.39, 0.29) is 36.2 Å². The van der Waals surface area contributed by atoms with Crippen molar-refractivity contribution in [2.45, 2.75) is 63.7 Å². The summed E-state index contributed by atoms with van der Waals surface area (Å²) in [5, 5.41) is 2.90. The van der Waals surface area contributed by atoms with Gasteiger partial charge in [-0.15, -0.1) is 6.42 Å². The minimum Gasteiger partial charge on any atom is -0.341 e. The van der Waals surface area contributed by atoms with Crippen molar-refractivity contribution in [3.05, 3.63) is 35.9 Å². The molecule has 3 amide bonds. The number of fused-ring (bicyclic) bond motifs is 1. The van der Waals surface area contributed by atoms with Gasteiger partial charge in [-0.3, -0.25) is 14.4 Å². The maximum atomic E-state index is 13.2. The highest BCUT2D eigenvalue weighted by Crippen LogP contribution is 2.30. The fourth-order valence-electron chi connectivity index (χ4n) is 4.47. The number of terminal acetylenes is 1. The molecule has 0 radical (unpaired) electrons. The standard InChI is InChI=1S/C24H32N4O3/c1-4-20(17-8-6-5-7-9-17)26-23(30)21-11-10-18-12-13-27(22(29)14-16(2)3)15-19(25)24(31)28(18)21/h1,5-9,16,18-21H,10-15,25H2,2-3H3,(H,26,30)/t18-,19+,20-,21+/m1/s1. The molecule has 2 aliphatic heterocycles. The van der Waals surface area contributed by atoms with Gasteiger partial charge in [0.05, 0.1) is 0 Å². The third kappa shape index (κ3) is 5.26. The first-order chi connectivity index (χ1) is 14.8. The lowest BCUT2D eigenvalue weighted by atomic mass is 10.1. The van der Waals surface area contributed by atoms with Crippen molar-refractivity contribution in [2.75, 3.05) is 13.1 Å². The zero-order chi connectivity index (χ0) is 22.5. The van der Waals surface area contributed by atoms with Gasteiger partial charge in [0.15, 0.2) is 0 Å². The van der Waals surface area contributed by atoms with Crippen LogP contribution >= 0.6 is 0 Å². The Morgan fingerprint density at radius 2 is 1.94 bits per heavy atom. The van der Waals surface area contributed by atoms with E-state index in [9.17, 15) is 14.4 Å². The molecule has 4 atom stereocenters. The summed E-state index contributed by atoms with van der Waals surface area (Å²) in [7, 11) is 0. The molecule has 0 spiro atoms. The van der Waals surface area contributed by atoms with Crippen LogP contribution in [0.3, 0.4) is 0 Å². The molecule has 1 aromatic carbocycles. The summed E-state index contributed by atoms with van der Waals surface area (Å²) in [6.07, 6.45) is 7.99. The first-order valence-electron chi connectivity index (χ1n) is 11.0. The van der Waals surface area contributed by atoms with Crippen LogP contribution in [0, 0.1) is 18.3 Å². The van der Waals surface area contributed by atoms with E-state index in [1.165, 1.54) is 0 Å². The highest BCUT2D eigenvalue weighted by molar-refractivity contribution is 5.91. The number of carbonyl (C=O) groups excluding carboxylic acids is 3. The maximum Gasteiger partial charge on any atom is 0.244 e. The summed E-state index contributed by atoms with van der Waals surface area (Å²) in [6.45, 7) is 4.71. The molecule has 166 valence electrons. The first-order valence-corrected chi connectivity index (χ1v) is 11.0. The largest absolute Gasteiger partial charge is 0.341 e. The van der Waals surface area contributed by atoms with Gasteiger partial charge in [-0.2, -0.15) is 0 Å². The van der Waals surface area contributed by atoms with Gasteiger partial charge in [0.2, 0.25) is 17.7 Å².